The third-order valence-electron chi connectivity index (χ3n) is 5.08. The molecule has 3 rings (SSSR count). The minimum atomic E-state index is -1.04. The molecular formula is C18H24F2N2O. The fourth-order valence-corrected chi connectivity index (χ4v) is 3.71. The van der Waals surface area contributed by atoms with Gasteiger partial charge in [-0.2, -0.15) is 0 Å². The van der Waals surface area contributed by atoms with Crippen LogP contribution < -0.4 is 0 Å². The molecule has 23 heavy (non-hydrogen) atoms. The Kier molecular flexibility index (Phi) is 5.26. The molecule has 0 atom stereocenters. The van der Waals surface area contributed by atoms with E-state index in [4.69, 9.17) is 0 Å². The van der Waals surface area contributed by atoms with Crippen LogP contribution >= 0.6 is 0 Å². The second kappa shape index (κ2) is 7.39. The van der Waals surface area contributed by atoms with Crippen molar-refractivity contribution in [2.75, 3.05) is 32.7 Å². The van der Waals surface area contributed by atoms with Crippen LogP contribution in [-0.4, -0.2) is 48.4 Å². The maximum absolute atomic E-state index is 13.8. The standard InChI is InChI=1S/C18H24F2N2O/c19-16-8-4-7-15(17(16)20)18(23)22-11-9-21(10-12-22)13-14-5-2-1-3-6-14/h4,7-8,14H,1-3,5-6,9-13H2. The van der Waals surface area contributed by atoms with Gasteiger partial charge >= 0.3 is 0 Å². The maximum Gasteiger partial charge on any atom is 0.257 e. The van der Waals surface area contributed by atoms with Crippen LogP contribution in [0.4, 0.5) is 8.78 Å². The van der Waals surface area contributed by atoms with Gasteiger partial charge in [0.25, 0.3) is 5.91 Å². The first-order valence-corrected chi connectivity index (χ1v) is 8.61. The van der Waals surface area contributed by atoms with Crippen LogP contribution in [-0.2, 0) is 0 Å². The molecule has 3 nitrogen and oxygen atoms in total. The van der Waals surface area contributed by atoms with Crippen molar-refractivity contribution in [3.63, 3.8) is 0 Å². The van der Waals surface area contributed by atoms with Gasteiger partial charge in [-0.15, -0.1) is 0 Å². The number of carbonyl (C=O) groups is 1. The van der Waals surface area contributed by atoms with E-state index in [1.54, 1.807) is 4.90 Å². The van der Waals surface area contributed by atoms with Crippen LogP contribution in [0.15, 0.2) is 18.2 Å². The zero-order valence-corrected chi connectivity index (χ0v) is 13.4. The van der Waals surface area contributed by atoms with Crippen LogP contribution in [0.3, 0.4) is 0 Å². The van der Waals surface area contributed by atoms with Crippen LogP contribution in [0.5, 0.6) is 0 Å². The Hall–Kier alpha value is -1.49. The second-order valence-electron chi connectivity index (χ2n) is 6.70. The summed E-state index contributed by atoms with van der Waals surface area (Å²) < 4.78 is 27.0. The molecule has 0 bridgehead atoms. The lowest BCUT2D eigenvalue weighted by molar-refractivity contribution is 0.0601. The molecular weight excluding hydrogens is 298 g/mol. The van der Waals surface area contributed by atoms with E-state index in [0.29, 0.717) is 13.1 Å². The molecule has 1 aromatic rings. The van der Waals surface area contributed by atoms with E-state index in [9.17, 15) is 13.6 Å². The quantitative estimate of drug-likeness (QED) is 0.852. The van der Waals surface area contributed by atoms with Crippen LogP contribution in [0.2, 0.25) is 0 Å². The summed E-state index contributed by atoms with van der Waals surface area (Å²) in [4.78, 5) is 16.4. The van der Waals surface area contributed by atoms with E-state index in [-0.39, 0.29) is 5.56 Å². The molecule has 126 valence electrons. The van der Waals surface area contributed by atoms with E-state index in [0.717, 1.165) is 31.6 Å². The minimum absolute atomic E-state index is 0.161. The predicted molar refractivity (Wildman–Crippen MR) is 85.3 cm³/mol. The Labute approximate surface area is 136 Å². The number of benzene rings is 1. The molecule has 1 amide bonds. The van der Waals surface area contributed by atoms with Gasteiger partial charge in [-0.05, 0) is 30.9 Å². The molecule has 0 unspecified atom stereocenters. The van der Waals surface area contributed by atoms with Gasteiger partial charge < -0.3 is 4.90 Å². The van der Waals surface area contributed by atoms with E-state index < -0.39 is 17.5 Å². The fraction of sp³-hybridized carbons (Fsp3) is 0.611. The van der Waals surface area contributed by atoms with Gasteiger partial charge in [0, 0.05) is 32.7 Å². The van der Waals surface area contributed by atoms with Gasteiger partial charge in [-0.3, -0.25) is 9.69 Å². The van der Waals surface area contributed by atoms with Crippen molar-refractivity contribution >= 4 is 5.91 Å². The van der Waals surface area contributed by atoms with Gasteiger partial charge in [-0.25, -0.2) is 8.78 Å². The zero-order valence-electron chi connectivity index (χ0n) is 13.4. The summed E-state index contributed by atoms with van der Waals surface area (Å²) in [6.45, 7) is 3.91. The Morgan fingerprint density at radius 1 is 1.04 bits per heavy atom. The number of carbonyl (C=O) groups excluding carboxylic acids is 1. The van der Waals surface area contributed by atoms with Crippen molar-refractivity contribution in [1.82, 2.24) is 9.80 Å². The molecule has 0 radical (unpaired) electrons. The summed E-state index contributed by atoms with van der Waals surface area (Å²) in [6.07, 6.45) is 6.66. The Morgan fingerprint density at radius 2 is 1.74 bits per heavy atom. The lowest BCUT2D eigenvalue weighted by atomic mass is 9.89. The monoisotopic (exact) mass is 322 g/mol. The number of amides is 1. The molecule has 0 aromatic heterocycles. The maximum atomic E-state index is 13.8. The van der Waals surface area contributed by atoms with Crippen molar-refractivity contribution in [3.8, 4) is 0 Å². The Bertz CT molecular complexity index is 550. The first kappa shape index (κ1) is 16.4. The molecule has 2 aliphatic rings. The molecule has 1 heterocycles. The number of hydrogen-bond donors (Lipinski definition) is 0. The van der Waals surface area contributed by atoms with Crippen LogP contribution in [0.1, 0.15) is 42.5 Å². The Morgan fingerprint density at radius 3 is 2.43 bits per heavy atom. The van der Waals surface area contributed by atoms with E-state index >= 15 is 0 Å². The lowest BCUT2D eigenvalue weighted by Gasteiger charge is -2.37. The highest BCUT2D eigenvalue weighted by molar-refractivity contribution is 5.94. The molecule has 0 N–H and O–H groups in total. The van der Waals surface area contributed by atoms with Crippen molar-refractivity contribution in [3.05, 3.63) is 35.4 Å². The fourth-order valence-electron chi connectivity index (χ4n) is 3.71. The second-order valence-corrected chi connectivity index (χ2v) is 6.70. The topological polar surface area (TPSA) is 23.6 Å². The third kappa shape index (κ3) is 3.89. The number of rotatable bonds is 3. The van der Waals surface area contributed by atoms with Crippen molar-refractivity contribution in [1.29, 1.82) is 0 Å². The van der Waals surface area contributed by atoms with Crippen LogP contribution in [0.25, 0.3) is 0 Å². The molecule has 1 saturated heterocycles. The number of hydrogen-bond acceptors (Lipinski definition) is 2. The number of halogens is 2. The van der Waals surface area contributed by atoms with E-state index in [1.807, 2.05) is 0 Å². The third-order valence-corrected chi connectivity index (χ3v) is 5.08. The summed E-state index contributed by atoms with van der Waals surface area (Å²) in [5.74, 6) is -1.63. The van der Waals surface area contributed by atoms with E-state index in [2.05, 4.69) is 4.90 Å². The SMILES string of the molecule is O=C(c1cccc(F)c1F)N1CCN(CC2CCCCC2)CC1. The molecule has 1 saturated carbocycles. The summed E-state index contributed by atoms with van der Waals surface area (Å²) >= 11 is 0. The van der Waals surface area contributed by atoms with Gasteiger partial charge in [0.15, 0.2) is 11.6 Å². The average Bonchev–Trinajstić information content (AvgIpc) is 2.58. The largest absolute Gasteiger partial charge is 0.336 e. The smallest absolute Gasteiger partial charge is 0.257 e. The first-order valence-electron chi connectivity index (χ1n) is 8.61. The Balaban J connectivity index is 1.54. The molecule has 2 fully saturated rings. The summed E-state index contributed by atoms with van der Waals surface area (Å²) in [5, 5.41) is 0. The van der Waals surface area contributed by atoms with Gasteiger partial charge in [0.1, 0.15) is 0 Å². The van der Waals surface area contributed by atoms with Crippen LogP contribution in [0, 0.1) is 17.6 Å². The number of nitrogens with zero attached hydrogens (tertiary/aromatic N) is 2. The van der Waals surface area contributed by atoms with Gasteiger partial charge in [-0.1, -0.05) is 25.3 Å². The predicted octanol–water partition coefficient (Wildman–Crippen LogP) is 3.30. The lowest BCUT2D eigenvalue weighted by Crippen LogP contribution is -2.50. The highest BCUT2D eigenvalue weighted by atomic mass is 19.2. The summed E-state index contributed by atoms with van der Waals surface area (Å²) in [7, 11) is 0. The average molecular weight is 322 g/mol. The molecule has 1 aliphatic heterocycles. The minimum Gasteiger partial charge on any atom is -0.336 e. The number of piperazine rings is 1. The summed E-state index contributed by atoms with van der Waals surface area (Å²) in [6, 6.07) is 3.77. The highest BCUT2D eigenvalue weighted by Gasteiger charge is 2.26. The van der Waals surface area contributed by atoms with Crippen molar-refractivity contribution in [2.45, 2.75) is 32.1 Å². The first-order chi connectivity index (χ1) is 11.1. The highest BCUT2D eigenvalue weighted by Crippen LogP contribution is 2.25. The summed E-state index contributed by atoms with van der Waals surface area (Å²) in [5.41, 5.74) is -0.161. The van der Waals surface area contributed by atoms with Gasteiger partial charge in [0.2, 0.25) is 0 Å². The van der Waals surface area contributed by atoms with E-state index in [1.165, 1.54) is 44.2 Å². The molecule has 1 aliphatic carbocycles. The van der Waals surface area contributed by atoms with Crippen molar-refractivity contribution < 1.29 is 13.6 Å². The van der Waals surface area contributed by atoms with Crippen molar-refractivity contribution in [2.24, 2.45) is 5.92 Å². The van der Waals surface area contributed by atoms with Gasteiger partial charge in [0.05, 0.1) is 5.56 Å². The molecule has 1 aromatic carbocycles. The normalized spacial score (nSPS) is 20.7. The molecule has 0 spiro atoms. The molecule has 5 heteroatoms. The zero-order chi connectivity index (χ0) is 16.2.